The van der Waals surface area contributed by atoms with Crippen LogP contribution in [-0.2, 0) is 9.53 Å². The van der Waals surface area contributed by atoms with Gasteiger partial charge in [0.15, 0.2) is 0 Å². The van der Waals surface area contributed by atoms with Gasteiger partial charge in [0.1, 0.15) is 11.8 Å². The topological polar surface area (TPSA) is 108 Å². The van der Waals surface area contributed by atoms with Gasteiger partial charge in [0.05, 0.1) is 18.9 Å². The molecule has 1 aromatic carbocycles. The van der Waals surface area contributed by atoms with E-state index in [0.717, 1.165) is 0 Å². The molecule has 1 aromatic rings. The lowest BCUT2D eigenvalue weighted by Gasteiger charge is -2.23. The molecule has 2 unspecified atom stereocenters. The number of likely N-dealkylation sites (tertiary alicyclic amines) is 1. The predicted molar refractivity (Wildman–Crippen MR) is 91.6 cm³/mol. The number of carboxylic acid groups (broad SMARTS) is 1. The van der Waals surface area contributed by atoms with Gasteiger partial charge in [-0.1, -0.05) is 0 Å². The molecule has 2 fully saturated rings. The summed E-state index contributed by atoms with van der Waals surface area (Å²) in [4.78, 5) is 39.2. The number of rotatable bonds is 5. The SMILES string of the molecule is COc1ccc(C(=O)N2CC(OC)CC2C(=O)O)cc1N1CCNC1=O. The molecule has 2 heterocycles. The molecule has 9 heteroatoms. The van der Waals surface area contributed by atoms with E-state index in [1.165, 1.54) is 24.0 Å². The molecule has 9 nitrogen and oxygen atoms in total. The van der Waals surface area contributed by atoms with Crippen molar-refractivity contribution in [3.05, 3.63) is 23.8 Å². The van der Waals surface area contributed by atoms with Crippen LogP contribution in [0.15, 0.2) is 18.2 Å². The van der Waals surface area contributed by atoms with Gasteiger partial charge in [-0.3, -0.25) is 9.69 Å². The number of anilines is 1. The highest BCUT2D eigenvalue weighted by Crippen LogP contribution is 2.32. The van der Waals surface area contributed by atoms with Crippen LogP contribution in [0, 0.1) is 0 Å². The van der Waals surface area contributed by atoms with Crippen molar-refractivity contribution in [3.63, 3.8) is 0 Å². The molecule has 0 radical (unpaired) electrons. The summed E-state index contributed by atoms with van der Waals surface area (Å²) in [5.41, 5.74) is 0.770. The highest BCUT2D eigenvalue weighted by atomic mass is 16.5. The highest BCUT2D eigenvalue weighted by Gasteiger charge is 2.40. The van der Waals surface area contributed by atoms with Crippen molar-refractivity contribution < 1.29 is 29.0 Å². The first kappa shape index (κ1) is 18.0. The van der Waals surface area contributed by atoms with Crippen LogP contribution in [0.3, 0.4) is 0 Å². The second-order valence-electron chi connectivity index (χ2n) is 6.18. The lowest BCUT2D eigenvalue weighted by atomic mass is 10.1. The van der Waals surface area contributed by atoms with Gasteiger partial charge in [-0.25, -0.2) is 9.59 Å². The minimum atomic E-state index is -1.06. The number of methoxy groups -OCH3 is 2. The number of nitrogens with one attached hydrogen (secondary N) is 1. The van der Waals surface area contributed by atoms with Crippen LogP contribution in [0.1, 0.15) is 16.8 Å². The maximum Gasteiger partial charge on any atom is 0.326 e. The molecular weight excluding hydrogens is 342 g/mol. The second-order valence-corrected chi connectivity index (χ2v) is 6.18. The second kappa shape index (κ2) is 7.20. The minimum absolute atomic E-state index is 0.206. The van der Waals surface area contributed by atoms with Crippen molar-refractivity contribution in [1.82, 2.24) is 10.2 Å². The maximum absolute atomic E-state index is 12.9. The van der Waals surface area contributed by atoms with E-state index in [-0.39, 0.29) is 25.1 Å². The fourth-order valence-electron chi connectivity index (χ4n) is 3.33. The number of hydrogen-bond donors (Lipinski definition) is 2. The number of benzene rings is 1. The fourth-order valence-corrected chi connectivity index (χ4v) is 3.33. The molecule has 3 rings (SSSR count). The van der Waals surface area contributed by atoms with Gasteiger partial charge in [0.2, 0.25) is 0 Å². The Bertz CT molecular complexity index is 737. The number of nitrogens with zero attached hydrogens (tertiary/aromatic N) is 2. The van der Waals surface area contributed by atoms with Crippen LogP contribution in [-0.4, -0.2) is 73.9 Å². The standard InChI is InChI=1S/C17H21N3O6/c1-25-11-8-13(16(22)23)20(9-11)15(21)10-3-4-14(26-2)12(7-10)19-6-5-18-17(19)24/h3-4,7,11,13H,5-6,8-9H2,1-2H3,(H,18,24)(H,22,23). The number of amides is 3. The Labute approximate surface area is 150 Å². The first-order valence-corrected chi connectivity index (χ1v) is 8.26. The monoisotopic (exact) mass is 363 g/mol. The van der Waals surface area contributed by atoms with E-state index in [9.17, 15) is 19.5 Å². The number of carbonyl (C=O) groups is 3. The summed E-state index contributed by atoms with van der Waals surface area (Å²) in [5.74, 6) is -1.02. The largest absolute Gasteiger partial charge is 0.495 e. The van der Waals surface area contributed by atoms with Gasteiger partial charge in [0.25, 0.3) is 5.91 Å². The number of carbonyl (C=O) groups excluding carboxylic acids is 2. The Kier molecular flexibility index (Phi) is 4.99. The number of urea groups is 1. The predicted octanol–water partition coefficient (Wildman–Crippen LogP) is 0.539. The summed E-state index contributed by atoms with van der Waals surface area (Å²) in [6, 6.07) is 3.53. The molecule has 0 bridgehead atoms. The van der Waals surface area contributed by atoms with E-state index in [0.29, 0.717) is 30.1 Å². The molecule has 3 amide bonds. The quantitative estimate of drug-likeness (QED) is 0.790. The zero-order valence-electron chi connectivity index (χ0n) is 14.6. The van der Waals surface area contributed by atoms with Crippen LogP contribution in [0.2, 0.25) is 0 Å². The molecule has 0 aliphatic carbocycles. The van der Waals surface area contributed by atoms with Gasteiger partial charge in [-0.15, -0.1) is 0 Å². The summed E-state index contributed by atoms with van der Waals surface area (Å²) in [6.45, 7) is 1.17. The molecule has 140 valence electrons. The number of hydrogen-bond acceptors (Lipinski definition) is 5. The van der Waals surface area contributed by atoms with Crippen molar-refractivity contribution >= 4 is 23.6 Å². The zero-order valence-corrected chi connectivity index (χ0v) is 14.6. The van der Waals surface area contributed by atoms with E-state index < -0.39 is 17.9 Å². The van der Waals surface area contributed by atoms with Gasteiger partial charge >= 0.3 is 12.0 Å². The summed E-state index contributed by atoms with van der Waals surface area (Å²) >= 11 is 0. The Balaban J connectivity index is 1.92. The number of aliphatic carboxylic acids is 1. The summed E-state index contributed by atoms with van der Waals surface area (Å²) < 4.78 is 10.5. The van der Waals surface area contributed by atoms with Crippen molar-refractivity contribution in [2.75, 3.05) is 38.8 Å². The normalized spacial score (nSPS) is 22.5. The third-order valence-corrected chi connectivity index (χ3v) is 4.72. The Morgan fingerprint density at radius 3 is 2.65 bits per heavy atom. The van der Waals surface area contributed by atoms with E-state index in [4.69, 9.17) is 9.47 Å². The molecule has 2 aliphatic rings. The van der Waals surface area contributed by atoms with Gasteiger partial charge in [-0.2, -0.15) is 0 Å². The Morgan fingerprint density at radius 2 is 2.08 bits per heavy atom. The molecule has 2 atom stereocenters. The lowest BCUT2D eigenvalue weighted by molar-refractivity contribution is -0.141. The minimum Gasteiger partial charge on any atom is -0.495 e. The summed E-state index contributed by atoms with van der Waals surface area (Å²) in [7, 11) is 2.98. The van der Waals surface area contributed by atoms with E-state index in [1.807, 2.05) is 0 Å². The van der Waals surface area contributed by atoms with E-state index in [2.05, 4.69) is 5.32 Å². The Morgan fingerprint density at radius 1 is 1.31 bits per heavy atom. The third kappa shape index (κ3) is 3.17. The average Bonchev–Trinajstić information content (AvgIpc) is 3.26. The molecule has 2 saturated heterocycles. The van der Waals surface area contributed by atoms with E-state index >= 15 is 0 Å². The zero-order chi connectivity index (χ0) is 18.8. The van der Waals surface area contributed by atoms with Crippen molar-refractivity contribution in [2.45, 2.75) is 18.6 Å². The van der Waals surface area contributed by atoms with Crippen LogP contribution >= 0.6 is 0 Å². The maximum atomic E-state index is 12.9. The average molecular weight is 363 g/mol. The van der Waals surface area contributed by atoms with Gasteiger partial charge in [0, 0.05) is 38.7 Å². The molecule has 2 N–H and O–H groups in total. The summed E-state index contributed by atoms with van der Waals surface area (Å²) in [6.07, 6.45) is -0.0723. The van der Waals surface area contributed by atoms with Crippen molar-refractivity contribution in [3.8, 4) is 5.75 Å². The smallest absolute Gasteiger partial charge is 0.326 e. The van der Waals surface area contributed by atoms with Crippen molar-refractivity contribution in [2.24, 2.45) is 0 Å². The molecule has 0 aromatic heterocycles. The van der Waals surface area contributed by atoms with Crippen LogP contribution in [0.25, 0.3) is 0 Å². The van der Waals surface area contributed by atoms with E-state index in [1.54, 1.807) is 18.2 Å². The van der Waals surface area contributed by atoms with Crippen LogP contribution in [0.4, 0.5) is 10.5 Å². The fraction of sp³-hybridized carbons (Fsp3) is 0.471. The first-order chi connectivity index (χ1) is 12.5. The van der Waals surface area contributed by atoms with Gasteiger partial charge < -0.3 is 24.8 Å². The number of carboxylic acids is 1. The first-order valence-electron chi connectivity index (χ1n) is 8.26. The lowest BCUT2D eigenvalue weighted by Crippen LogP contribution is -2.40. The molecule has 0 saturated carbocycles. The number of ether oxygens (including phenoxy) is 2. The molecule has 0 spiro atoms. The molecule has 26 heavy (non-hydrogen) atoms. The molecular formula is C17H21N3O6. The van der Waals surface area contributed by atoms with Crippen LogP contribution < -0.4 is 15.0 Å². The Hall–Kier alpha value is -2.81. The van der Waals surface area contributed by atoms with Gasteiger partial charge in [-0.05, 0) is 18.2 Å². The van der Waals surface area contributed by atoms with Crippen molar-refractivity contribution in [1.29, 1.82) is 0 Å². The summed E-state index contributed by atoms with van der Waals surface area (Å²) in [5, 5.41) is 12.1. The molecule has 2 aliphatic heterocycles. The third-order valence-electron chi connectivity index (χ3n) is 4.72. The highest BCUT2D eigenvalue weighted by molar-refractivity contribution is 6.01. The van der Waals surface area contributed by atoms with Crippen LogP contribution in [0.5, 0.6) is 5.75 Å².